The average Bonchev–Trinajstić information content (AvgIpc) is 3.38. The first kappa shape index (κ1) is 15.8. The van der Waals surface area contributed by atoms with E-state index in [1.54, 1.807) is 10.6 Å². The van der Waals surface area contributed by atoms with Crippen LogP contribution in [0.25, 0.3) is 11.2 Å². The molecule has 0 amide bonds. The molecular formula is C15H22N6O2S. The predicted octanol–water partition coefficient (Wildman–Crippen LogP) is 0.979. The minimum Gasteiger partial charge on any atom is -0.368 e. The van der Waals surface area contributed by atoms with Gasteiger partial charge in [-0.1, -0.05) is 0 Å². The Kier molecular flexibility index (Phi) is 3.92. The number of piperidine rings is 1. The third-order valence-electron chi connectivity index (χ3n) is 4.93. The molecule has 1 N–H and O–H groups in total. The van der Waals surface area contributed by atoms with E-state index in [2.05, 4.69) is 20.3 Å². The lowest BCUT2D eigenvalue weighted by Crippen LogP contribution is -2.41. The van der Waals surface area contributed by atoms with E-state index in [9.17, 15) is 8.42 Å². The number of aryl methyl sites for hydroxylation is 1. The number of fused-ring (bicyclic) bond motifs is 1. The summed E-state index contributed by atoms with van der Waals surface area (Å²) in [5.74, 6) is 1.19. The van der Waals surface area contributed by atoms with Crippen molar-refractivity contribution in [3.63, 3.8) is 0 Å². The highest BCUT2D eigenvalue weighted by Gasteiger charge is 2.41. The van der Waals surface area contributed by atoms with Crippen molar-refractivity contribution in [1.82, 2.24) is 23.8 Å². The molecule has 2 aromatic rings. The van der Waals surface area contributed by atoms with Gasteiger partial charge in [-0.2, -0.15) is 0 Å². The third kappa shape index (κ3) is 2.86. The van der Waals surface area contributed by atoms with E-state index in [1.165, 1.54) is 6.33 Å². The smallest absolute Gasteiger partial charge is 0.216 e. The van der Waals surface area contributed by atoms with Crippen LogP contribution in [-0.4, -0.2) is 57.1 Å². The van der Waals surface area contributed by atoms with E-state index < -0.39 is 10.0 Å². The van der Waals surface area contributed by atoms with Crippen LogP contribution in [0.15, 0.2) is 12.7 Å². The monoisotopic (exact) mass is 350 g/mol. The van der Waals surface area contributed by atoms with Crippen molar-refractivity contribution < 1.29 is 8.42 Å². The van der Waals surface area contributed by atoms with Gasteiger partial charge in [0.2, 0.25) is 10.0 Å². The highest BCUT2D eigenvalue weighted by Crippen LogP contribution is 2.33. The summed E-state index contributed by atoms with van der Waals surface area (Å²) in [7, 11) is -1.12. The van der Waals surface area contributed by atoms with Crippen molar-refractivity contribution in [2.75, 3.05) is 25.0 Å². The zero-order valence-corrected chi connectivity index (χ0v) is 14.5. The number of nitrogens with zero attached hydrogens (tertiary/aromatic N) is 5. The molecule has 0 radical (unpaired) electrons. The van der Waals surface area contributed by atoms with Gasteiger partial charge in [-0.25, -0.2) is 27.7 Å². The molecule has 0 aromatic carbocycles. The van der Waals surface area contributed by atoms with Crippen LogP contribution in [0, 0.1) is 5.92 Å². The van der Waals surface area contributed by atoms with Crippen LogP contribution in [-0.2, 0) is 17.1 Å². The molecule has 3 heterocycles. The van der Waals surface area contributed by atoms with E-state index in [0.717, 1.165) is 49.2 Å². The second-order valence-corrected chi connectivity index (χ2v) is 8.93. The molecule has 0 bridgehead atoms. The lowest BCUT2D eigenvalue weighted by molar-refractivity contribution is 0.282. The quantitative estimate of drug-likeness (QED) is 0.864. The molecule has 4 rings (SSSR count). The van der Waals surface area contributed by atoms with Crippen LogP contribution >= 0.6 is 0 Å². The molecule has 24 heavy (non-hydrogen) atoms. The maximum Gasteiger partial charge on any atom is 0.216 e. The highest BCUT2D eigenvalue weighted by atomic mass is 32.2. The Morgan fingerprint density at radius 2 is 1.92 bits per heavy atom. The Bertz CT molecular complexity index is 837. The molecule has 0 unspecified atom stereocenters. The molecular weight excluding hydrogens is 328 g/mol. The summed E-state index contributed by atoms with van der Waals surface area (Å²) in [6.07, 6.45) is 6.70. The number of hydrogen-bond acceptors (Lipinski definition) is 6. The van der Waals surface area contributed by atoms with Gasteiger partial charge in [-0.3, -0.25) is 0 Å². The summed E-state index contributed by atoms with van der Waals surface area (Å²) in [6.45, 7) is 2.04. The second kappa shape index (κ2) is 5.96. The van der Waals surface area contributed by atoms with Crippen LogP contribution in [0.5, 0.6) is 0 Å². The van der Waals surface area contributed by atoms with Crippen LogP contribution in [0.1, 0.15) is 25.7 Å². The summed E-state index contributed by atoms with van der Waals surface area (Å²) in [5.41, 5.74) is 1.58. The number of nitrogens with one attached hydrogen (secondary N) is 1. The maximum atomic E-state index is 12.3. The van der Waals surface area contributed by atoms with Gasteiger partial charge < -0.3 is 9.88 Å². The molecule has 2 aliphatic rings. The molecule has 1 saturated carbocycles. The Hall–Kier alpha value is -1.74. The maximum absolute atomic E-state index is 12.3. The fourth-order valence-electron chi connectivity index (χ4n) is 3.26. The van der Waals surface area contributed by atoms with Gasteiger partial charge in [-0.05, 0) is 31.6 Å². The van der Waals surface area contributed by atoms with E-state index in [-0.39, 0.29) is 5.25 Å². The van der Waals surface area contributed by atoms with E-state index in [4.69, 9.17) is 0 Å². The van der Waals surface area contributed by atoms with Gasteiger partial charge in [0, 0.05) is 26.7 Å². The van der Waals surface area contributed by atoms with Crippen molar-refractivity contribution in [2.24, 2.45) is 13.0 Å². The zero-order chi connectivity index (χ0) is 16.7. The van der Waals surface area contributed by atoms with Gasteiger partial charge in [0.1, 0.15) is 11.8 Å². The molecule has 1 aliphatic carbocycles. The summed E-state index contributed by atoms with van der Waals surface area (Å²) in [5, 5.41) is 3.26. The first-order valence-corrected chi connectivity index (χ1v) is 9.91. The molecule has 0 atom stereocenters. The summed E-state index contributed by atoms with van der Waals surface area (Å²) >= 11 is 0. The van der Waals surface area contributed by atoms with Gasteiger partial charge in [0.05, 0.1) is 11.6 Å². The van der Waals surface area contributed by atoms with Crippen LogP contribution in [0.3, 0.4) is 0 Å². The van der Waals surface area contributed by atoms with Crippen LogP contribution in [0.2, 0.25) is 0 Å². The lowest BCUT2D eigenvalue weighted by Gasteiger charge is -2.31. The van der Waals surface area contributed by atoms with Gasteiger partial charge in [0.25, 0.3) is 0 Å². The Labute approximate surface area is 141 Å². The molecule has 9 heteroatoms. The number of anilines is 1. The number of hydrogen-bond donors (Lipinski definition) is 1. The molecule has 2 aromatic heterocycles. The van der Waals surface area contributed by atoms with E-state index >= 15 is 0 Å². The standard InChI is InChI=1S/C15H22N6O2S/c1-20-10-19-13-14(17-9-18-15(13)20)16-8-11-4-6-21(7-5-11)24(22,23)12-2-3-12/h9-12H,2-8H2,1H3,(H,16,17,18). The van der Waals surface area contributed by atoms with Crippen LogP contribution in [0.4, 0.5) is 5.82 Å². The minimum absolute atomic E-state index is 0.106. The Balaban J connectivity index is 1.36. The fraction of sp³-hybridized carbons (Fsp3) is 0.667. The lowest BCUT2D eigenvalue weighted by atomic mass is 9.98. The number of imidazole rings is 1. The van der Waals surface area contributed by atoms with E-state index in [1.807, 2.05) is 11.6 Å². The second-order valence-electron chi connectivity index (χ2n) is 6.72. The Morgan fingerprint density at radius 3 is 2.62 bits per heavy atom. The fourth-order valence-corrected chi connectivity index (χ4v) is 5.13. The normalized spacial score (nSPS) is 20.5. The van der Waals surface area contributed by atoms with Gasteiger partial charge in [-0.15, -0.1) is 0 Å². The number of aromatic nitrogens is 4. The van der Waals surface area contributed by atoms with Crippen molar-refractivity contribution >= 4 is 27.0 Å². The molecule has 8 nitrogen and oxygen atoms in total. The number of rotatable bonds is 5. The minimum atomic E-state index is -3.03. The van der Waals surface area contributed by atoms with Gasteiger partial charge >= 0.3 is 0 Å². The third-order valence-corrected chi connectivity index (χ3v) is 7.33. The SMILES string of the molecule is Cn1cnc2c(NCC3CCN(S(=O)(=O)C4CC4)CC3)ncnc21. The van der Waals surface area contributed by atoms with Crippen molar-refractivity contribution in [2.45, 2.75) is 30.9 Å². The largest absolute Gasteiger partial charge is 0.368 e. The predicted molar refractivity (Wildman–Crippen MR) is 91.0 cm³/mol. The van der Waals surface area contributed by atoms with Crippen molar-refractivity contribution in [1.29, 1.82) is 0 Å². The molecule has 1 aliphatic heterocycles. The first-order valence-electron chi connectivity index (χ1n) is 8.40. The zero-order valence-electron chi connectivity index (χ0n) is 13.7. The summed E-state index contributed by atoms with van der Waals surface area (Å²) < 4.78 is 28.1. The number of sulfonamides is 1. The average molecular weight is 350 g/mol. The van der Waals surface area contributed by atoms with Gasteiger partial charge in [0.15, 0.2) is 11.5 Å². The Morgan fingerprint density at radius 1 is 1.17 bits per heavy atom. The van der Waals surface area contributed by atoms with E-state index in [0.29, 0.717) is 19.0 Å². The van der Waals surface area contributed by atoms with Crippen molar-refractivity contribution in [3.8, 4) is 0 Å². The summed E-state index contributed by atoms with van der Waals surface area (Å²) in [6, 6.07) is 0. The van der Waals surface area contributed by atoms with Crippen LogP contribution < -0.4 is 5.32 Å². The molecule has 2 fully saturated rings. The summed E-state index contributed by atoms with van der Waals surface area (Å²) in [4.78, 5) is 12.9. The highest BCUT2D eigenvalue weighted by molar-refractivity contribution is 7.90. The molecule has 1 saturated heterocycles. The first-order chi connectivity index (χ1) is 11.6. The molecule has 130 valence electrons. The topological polar surface area (TPSA) is 93.0 Å². The molecule has 0 spiro atoms. The van der Waals surface area contributed by atoms with Crippen molar-refractivity contribution in [3.05, 3.63) is 12.7 Å².